The fraction of sp³-hybridized carbons (Fsp3) is 0.630. The van der Waals surface area contributed by atoms with Gasteiger partial charge in [-0.15, -0.1) is 13.2 Å². The zero-order valence-electron chi connectivity index (χ0n) is 25.0. The Morgan fingerprint density at radius 1 is 0.688 bits per heavy atom. The smallest absolute Gasteiger partial charge is 0.488 e. The third-order valence-corrected chi connectivity index (χ3v) is 5.82. The van der Waals surface area contributed by atoms with Gasteiger partial charge in [0, 0.05) is 5.56 Å². The second-order valence-corrected chi connectivity index (χ2v) is 9.87. The van der Waals surface area contributed by atoms with Crippen molar-refractivity contribution in [1.29, 1.82) is 0 Å². The first-order chi connectivity index (χ1) is 22.0. The Bertz CT molecular complexity index is 1250. The highest BCUT2D eigenvalue weighted by Crippen LogP contribution is 2.48. The second-order valence-electron chi connectivity index (χ2n) is 9.87. The summed E-state index contributed by atoms with van der Waals surface area (Å²) in [5.41, 5.74) is 0.962. The molecule has 2 rings (SSSR count). The van der Waals surface area contributed by atoms with Gasteiger partial charge in [0.15, 0.2) is 11.6 Å². The van der Waals surface area contributed by atoms with Crippen molar-refractivity contribution < 1.29 is 85.5 Å². The van der Waals surface area contributed by atoms with Crippen LogP contribution in [0.1, 0.15) is 38.7 Å². The molecule has 0 aliphatic carbocycles. The maximum Gasteiger partial charge on any atom is 0.527 e. The standard InChI is InChI=1S/C27H29F13N2O6/c1-3-4-5-17(2)44-12-13-45-20-14-41-21(42-15-20)19-8-6-18(7-9-19)10-11-43-16-22(28,29)46-23(30,31)24(32,33)47-25(34,35)26(36,37)48-27(38,39)40/h6-9,14-15,17H,3-5,10-13,16H2,1-2H3. The summed E-state index contributed by atoms with van der Waals surface area (Å²) in [4.78, 5) is 8.35. The first-order valence-electron chi connectivity index (χ1n) is 13.8. The van der Waals surface area contributed by atoms with Crippen molar-refractivity contribution in [3.8, 4) is 17.1 Å². The molecule has 2 aromatic rings. The quantitative estimate of drug-likeness (QED) is 0.0942. The number of aromatic nitrogens is 2. The number of ether oxygens (including phenoxy) is 6. The van der Waals surface area contributed by atoms with Crippen LogP contribution in [-0.4, -0.2) is 79.4 Å². The van der Waals surface area contributed by atoms with Crippen molar-refractivity contribution in [2.45, 2.75) is 82.5 Å². The molecule has 1 aromatic carbocycles. The van der Waals surface area contributed by atoms with E-state index >= 15 is 0 Å². The van der Waals surface area contributed by atoms with Crippen LogP contribution in [0.4, 0.5) is 57.1 Å². The highest BCUT2D eigenvalue weighted by Gasteiger charge is 2.74. The van der Waals surface area contributed by atoms with Crippen LogP contribution in [0.5, 0.6) is 5.75 Å². The predicted octanol–water partition coefficient (Wildman–Crippen LogP) is 8.21. The average Bonchev–Trinajstić information content (AvgIpc) is 2.94. The largest absolute Gasteiger partial charge is 0.527 e. The maximum absolute atomic E-state index is 13.7. The van der Waals surface area contributed by atoms with Gasteiger partial charge in [-0.25, -0.2) is 24.2 Å². The molecule has 0 aliphatic heterocycles. The number of halogens is 13. The first kappa shape index (κ1) is 41.2. The van der Waals surface area contributed by atoms with Crippen molar-refractivity contribution >= 4 is 0 Å². The lowest BCUT2D eigenvalue weighted by molar-refractivity contribution is -0.564. The van der Waals surface area contributed by atoms with Gasteiger partial charge in [0.25, 0.3) is 0 Å². The molecule has 21 heteroatoms. The fourth-order valence-corrected chi connectivity index (χ4v) is 3.49. The van der Waals surface area contributed by atoms with Crippen LogP contribution in [0.3, 0.4) is 0 Å². The lowest BCUT2D eigenvalue weighted by Crippen LogP contribution is -2.57. The normalized spacial score (nSPS) is 14.3. The lowest BCUT2D eigenvalue weighted by atomic mass is 10.1. The van der Waals surface area contributed by atoms with Crippen LogP contribution in [-0.2, 0) is 30.1 Å². The van der Waals surface area contributed by atoms with Gasteiger partial charge in [-0.1, -0.05) is 44.0 Å². The third kappa shape index (κ3) is 13.1. The van der Waals surface area contributed by atoms with Crippen molar-refractivity contribution in [3.63, 3.8) is 0 Å². The first-order valence-corrected chi connectivity index (χ1v) is 13.8. The van der Waals surface area contributed by atoms with Crippen LogP contribution in [0.15, 0.2) is 36.7 Å². The van der Waals surface area contributed by atoms with E-state index in [-0.39, 0.29) is 19.1 Å². The van der Waals surface area contributed by atoms with E-state index in [0.717, 1.165) is 19.3 Å². The Balaban J connectivity index is 1.84. The molecule has 274 valence electrons. The molecule has 1 heterocycles. The minimum absolute atomic E-state index is 0.104. The van der Waals surface area contributed by atoms with Gasteiger partial charge in [0.1, 0.15) is 13.2 Å². The molecule has 0 spiro atoms. The number of hydrogen-bond donors (Lipinski definition) is 0. The van der Waals surface area contributed by atoms with Crippen molar-refractivity contribution in [2.24, 2.45) is 0 Å². The summed E-state index contributed by atoms with van der Waals surface area (Å²) in [5, 5.41) is 0. The molecular formula is C27H29F13N2O6. The molecule has 0 bridgehead atoms. The zero-order chi connectivity index (χ0) is 36.4. The SMILES string of the molecule is CCCCC(C)OCCOc1cnc(-c2ccc(CCOCC(F)(F)OC(F)(F)C(F)(F)OC(F)(F)C(F)(F)OC(F)(F)F)cc2)nc1. The minimum atomic E-state index is -7.11. The molecule has 0 saturated carbocycles. The van der Waals surface area contributed by atoms with Gasteiger partial charge in [0.05, 0.1) is 31.7 Å². The number of alkyl halides is 13. The lowest BCUT2D eigenvalue weighted by Gasteiger charge is -2.33. The Morgan fingerprint density at radius 3 is 1.77 bits per heavy atom. The highest BCUT2D eigenvalue weighted by molar-refractivity contribution is 5.55. The van der Waals surface area contributed by atoms with E-state index < -0.39 is 50.1 Å². The molecule has 0 radical (unpaired) electrons. The monoisotopic (exact) mass is 724 g/mol. The maximum atomic E-state index is 13.7. The van der Waals surface area contributed by atoms with Gasteiger partial charge < -0.3 is 14.2 Å². The Hall–Kier alpha value is -3.01. The molecule has 48 heavy (non-hydrogen) atoms. The van der Waals surface area contributed by atoms with E-state index in [1.165, 1.54) is 36.7 Å². The molecule has 1 unspecified atom stereocenters. The summed E-state index contributed by atoms with van der Waals surface area (Å²) in [6.45, 7) is 1.88. The third-order valence-electron chi connectivity index (χ3n) is 5.82. The number of hydrogen-bond acceptors (Lipinski definition) is 8. The predicted molar refractivity (Wildman–Crippen MR) is 136 cm³/mol. The minimum Gasteiger partial charge on any atom is -0.488 e. The molecule has 0 aliphatic rings. The second kappa shape index (κ2) is 16.6. The van der Waals surface area contributed by atoms with Crippen molar-refractivity contribution in [2.75, 3.05) is 26.4 Å². The Kier molecular flexibility index (Phi) is 14.2. The Morgan fingerprint density at radius 2 is 1.23 bits per heavy atom. The Labute approximate surface area is 264 Å². The summed E-state index contributed by atoms with van der Waals surface area (Å²) in [5.74, 6) is 0.685. The van der Waals surface area contributed by atoms with E-state index in [9.17, 15) is 57.1 Å². The van der Waals surface area contributed by atoms with E-state index in [4.69, 9.17) is 9.47 Å². The van der Waals surface area contributed by atoms with Gasteiger partial charge in [-0.05, 0) is 25.3 Å². The average molecular weight is 725 g/mol. The van der Waals surface area contributed by atoms with E-state index in [2.05, 4.69) is 26.4 Å². The molecule has 0 saturated heterocycles. The van der Waals surface area contributed by atoms with E-state index in [1.54, 1.807) is 9.47 Å². The molecule has 1 aromatic heterocycles. The van der Waals surface area contributed by atoms with Gasteiger partial charge >= 0.3 is 36.9 Å². The van der Waals surface area contributed by atoms with Crippen LogP contribution < -0.4 is 4.74 Å². The summed E-state index contributed by atoms with van der Waals surface area (Å²) in [7, 11) is 0. The van der Waals surface area contributed by atoms with Gasteiger partial charge in [-0.3, -0.25) is 0 Å². The van der Waals surface area contributed by atoms with Crippen LogP contribution in [0, 0.1) is 0 Å². The molecular weight excluding hydrogens is 695 g/mol. The molecule has 0 fully saturated rings. The number of unbranched alkanes of at least 4 members (excludes halogenated alkanes) is 1. The van der Waals surface area contributed by atoms with Crippen LogP contribution in [0.2, 0.25) is 0 Å². The summed E-state index contributed by atoms with van der Waals surface area (Å²) in [6.07, 6.45) is -34.0. The number of nitrogens with zero attached hydrogens (tertiary/aromatic N) is 2. The molecule has 1 atom stereocenters. The van der Waals surface area contributed by atoms with Crippen molar-refractivity contribution in [1.82, 2.24) is 9.97 Å². The van der Waals surface area contributed by atoms with E-state index in [0.29, 0.717) is 29.3 Å². The van der Waals surface area contributed by atoms with Gasteiger partial charge in [-0.2, -0.15) is 43.9 Å². The molecule has 8 nitrogen and oxygen atoms in total. The topological polar surface area (TPSA) is 81.2 Å². The van der Waals surface area contributed by atoms with Crippen molar-refractivity contribution in [3.05, 3.63) is 42.2 Å². The summed E-state index contributed by atoms with van der Waals surface area (Å²) >= 11 is 0. The number of rotatable bonds is 21. The van der Waals surface area contributed by atoms with Crippen LogP contribution >= 0.6 is 0 Å². The number of benzene rings is 1. The zero-order valence-corrected chi connectivity index (χ0v) is 25.0. The summed E-state index contributed by atoms with van der Waals surface area (Å²) < 4.78 is 191. The summed E-state index contributed by atoms with van der Waals surface area (Å²) in [6, 6.07) is 6.05. The highest BCUT2D eigenvalue weighted by atomic mass is 19.4. The van der Waals surface area contributed by atoms with E-state index in [1.807, 2.05) is 6.92 Å². The fourth-order valence-electron chi connectivity index (χ4n) is 3.49. The van der Waals surface area contributed by atoms with Crippen LogP contribution in [0.25, 0.3) is 11.4 Å². The molecule has 0 amide bonds. The molecule has 0 N–H and O–H groups in total. The van der Waals surface area contributed by atoms with Gasteiger partial charge in [0.2, 0.25) is 0 Å².